The van der Waals surface area contributed by atoms with Crippen molar-refractivity contribution in [1.82, 2.24) is 8.79 Å². The second-order valence-electron chi connectivity index (χ2n) is 8.23. The van der Waals surface area contributed by atoms with Crippen molar-refractivity contribution in [1.29, 1.82) is 0 Å². The monoisotopic (exact) mass is 494 g/mol. The summed E-state index contributed by atoms with van der Waals surface area (Å²) in [4.78, 5) is 13.3. The summed E-state index contributed by atoms with van der Waals surface area (Å²) in [6.45, 7) is 3.50. The molecule has 0 heterocycles. The van der Waals surface area contributed by atoms with Gasteiger partial charge in [0.1, 0.15) is 16.4 Å². The van der Waals surface area contributed by atoms with Crippen LogP contribution in [0.4, 0.5) is 5.69 Å². The number of likely N-dealkylation sites (N-methyl/N-ethyl adjacent to an activating group) is 2. The predicted octanol–water partition coefficient (Wildman–Crippen LogP) is 2.38. The first-order valence-electron chi connectivity index (χ1n) is 10.3. The molecule has 0 saturated carbocycles. The molecule has 2 aromatic rings. The summed E-state index contributed by atoms with van der Waals surface area (Å²) >= 11 is 4.96. The van der Waals surface area contributed by atoms with Crippen molar-refractivity contribution >= 4 is 38.8 Å². The molecule has 1 amide bonds. The maximum Gasteiger partial charge on any atom is 0.344 e. The summed E-state index contributed by atoms with van der Waals surface area (Å²) in [5.41, 5.74) is 8.32. The maximum absolute atomic E-state index is 13.1. The maximum atomic E-state index is 13.1. The molecule has 0 aliphatic heterocycles. The van der Waals surface area contributed by atoms with E-state index in [4.69, 9.17) is 27.4 Å². The van der Waals surface area contributed by atoms with E-state index in [-0.39, 0.29) is 35.0 Å². The van der Waals surface area contributed by atoms with Gasteiger partial charge in [0.25, 0.3) is 0 Å². The minimum atomic E-state index is -3.72. The molecule has 0 aliphatic carbocycles. The number of quaternary nitrogens is 1. The standard InChI is InChI=1S/C23H31N3O5S2/c1-16-13-20(30-6)14-17(2)22(16)33(28,29)25(3)11-12-31-15-21(27)26(4,5)19-9-7-18(8-10-19)23(24)32/h7-10,13-14H,11-12,15H2,1-6H3,(H-,24,32)/p+1. The highest BCUT2D eigenvalue weighted by Crippen LogP contribution is 2.27. The Morgan fingerprint density at radius 1 is 1.12 bits per heavy atom. The zero-order chi connectivity index (χ0) is 25.0. The van der Waals surface area contributed by atoms with Crippen LogP contribution in [-0.4, -0.2) is 71.6 Å². The molecule has 2 aromatic carbocycles. The molecular weight excluding hydrogens is 462 g/mol. The molecule has 180 valence electrons. The molecular formula is C23H32N3O5S2+. The molecule has 8 nitrogen and oxygen atoms in total. The summed E-state index contributed by atoms with van der Waals surface area (Å²) in [5, 5.41) is 0. The van der Waals surface area contributed by atoms with E-state index >= 15 is 0 Å². The highest BCUT2D eigenvalue weighted by Gasteiger charge is 2.30. The number of sulfonamides is 1. The van der Waals surface area contributed by atoms with Crippen LogP contribution in [0.5, 0.6) is 5.75 Å². The Morgan fingerprint density at radius 2 is 1.67 bits per heavy atom. The van der Waals surface area contributed by atoms with Gasteiger partial charge in [0.2, 0.25) is 10.0 Å². The number of amides is 1. The van der Waals surface area contributed by atoms with Gasteiger partial charge in [0.05, 0.1) is 32.7 Å². The number of carbonyl (C=O) groups excluding carboxylic acids is 1. The number of thiocarbonyl (C=S) groups is 1. The number of benzene rings is 2. The number of aryl methyl sites for hydroxylation is 2. The fourth-order valence-corrected chi connectivity index (χ4v) is 5.06. The first-order chi connectivity index (χ1) is 15.3. The Hall–Kier alpha value is -2.37. The SMILES string of the molecule is COc1cc(C)c(S(=O)(=O)N(C)CCOCC(=O)[N+](C)(C)c2ccc(C(N)=S)cc2)c(C)c1. The third-order valence-corrected chi connectivity index (χ3v) is 7.93. The van der Waals surface area contributed by atoms with Crippen molar-refractivity contribution in [3.63, 3.8) is 0 Å². The highest BCUT2D eigenvalue weighted by molar-refractivity contribution is 7.89. The zero-order valence-corrected chi connectivity index (χ0v) is 21.5. The number of ether oxygens (including phenoxy) is 2. The van der Waals surface area contributed by atoms with E-state index in [1.54, 1.807) is 64.3 Å². The molecule has 0 bridgehead atoms. The normalized spacial score (nSPS) is 12.1. The van der Waals surface area contributed by atoms with Crippen molar-refractivity contribution in [2.24, 2.45) is 5.73 Å². The van der Waals surface area contributed by atoms with Crippen molar-refractivity contribution in [3.05, 3.63) is 53.1 Å². The lowest BCUT2D eigenvalue weighted by atomic mass is 10.1. The predicted molar refractivity (Wildman–Crippen MR) is 134 cm³/mol. The van der Waals surface area contributed by atoms with Crippen molar-refractivity contribution < 1.29 is 22.7 Å². The van der Waals surface area contributed by atoms with Crippen LogP contribution in [0.15, 0.2) is 41.3 Å². The number of carbonyl (C=O) groups is 1. The van der Waals surface area contributed by atoms with E-state index in [0.717, 1.165) is 11.3 Å². The van der Waals surface area contributed by atoms with Gasteiger partial charge in [-0.05, 0) is 49.2 Å². The fraction of sp³-hybridized carbons (Fsp3) is 0.391. The lowest BCUT2D eigenvalue weighted by Crippen LogP contribution is -2.49. The van der Waals surface area contributed by atoms with Crippen LogP contribution in [0, 0.1) is 13.8 Å². The van der Waals surface area contributed by atoms with Crippen LogP contribution >= 0.6 is 12.2 Å². The average molecular weight is 495 g/mol. The summed E-state index contributed by atoms with van der Waals surface area (Å²) in [6.07, 6.45) is 0. The van der Waals surface area contributed by atoms with Crippen LogP contribution in [-0.2, 0) is 19.6 Å². The quantitative estimate of drug-likeness (QED) is 0.308. The smallest absolute Gasteiger partial charge is 0.344 e. The van der Waals surface area contributed by atoms with E-state index in [0.29, 0.717) is 21.9 Å². The van der Waals surface area contributed by atoms with E-state index in [1.165, 1.54) is 18.5 Å². The molecule has 10 heteroatoms. The number of hydrogen-bond acceptors (Lipinski definition) is 6. The Morgan fingerprint density at radius 3 is 2.15 bits per heavy atom. The first kappa shape index (κ1) is 26.9. The molecule has 0 spiro atoms. The topological polar surface area (TPSA) is 98.9 Å². The average Bonchev–Trinajstić information content (AvgIpc) is 2.75. The Labute approximate surface area is 201 Å². The second kappa shape index (κ2) is 10.7. The van der Waals surface area contributed by atoms with E-state index < -0.39 is 10.0 Å². The molecule has 0 radical (unpaired) electrons. The first-order valence-corrected chi connectivity index (χ1v) is 12.1. The summed E-state index contributed by atoms with van der Waals surface area (Å²) in [6, 6.07) is 10.5. The van der Waals surface area contributed by atoms with Gasteiger partial charge in [-0.2, -0.15) is 4.31 Å². The number of methoxy groups -OCH3 is 1. The minimum Gasteiger partial charge on any atom is -0.497 e. The fourth-order valence-electron chi connectivity index (χ4n) is 3.37. The summed E-state index contributed by atoms with van der Waals surface area (Å²) < 4.78 is 38.1. The Bertz CT molecular complexity index is 1110. The van der Waals surface area contributed by atoms with Gasteiger partial charge in [-0.15, -0.1) is 0 Å². The lowest BCUT2D eigenvalue weighted by molar-refractivity contribution is -0.133. The molecule has 0 fully saturated rings. The molecule has 0 unspecified atom stereocenters. The molecule has 0 aromatic heterocycles. The number of nitrogens with two attached hydrogens (primary N) is 1. The van der Waals surface area contributed by atoms with Crippen LogP contribution in [0.3, 0.4) is 0 Å². The van der Waals surface area contributed by atoms with Gasteiger partial charge in [-0.1, -0.05) is 12.2 Å². The van der Waals surface area contributed by atoms with Gasteiger partial charge in [-0.25, -0.2) is 17.7 Å². The second-order valence-corrected chi connectivity index (χ2v) is 10.6. The molecule has 33 heavy (non-hydrogen) atoms. The van der Waals surface area contributed by atoms with Crippen molar-refractivity contribution in [3.8, 4) is 5.75 Å². The third kappa shape index (κ3) is 6.15. The van der Waals surface area contributed by atoms with Crippen LogP contribution in [0.25, 0.3) is 0 Å². The Balaban J connectivity index is 1.98. The van der Waals surface area contributed by atoms with Crippen molar-refractivity contribution in [2.45, 2.75) is 18.7 Å². The number of nitrogens with zero attached hydrogens (tertiary/aromatic N) is 2. The lowest BCUT2D eigenvalue weighted by Gasteiger charge is -2.26. The highest BCUT2D eigenvalue weighted by atomic mass is 32.2. The Kier molecular flexibility index (Phi) is 8.72. The van der Waals surface area contributed by atoms with E-state index in [9.17, 15) is 13.2 Å². The number of rotatable bonds is 10. The van der Waals surface area contributed by atoms with Gasteiger partial charge in [0.15, 0.2) is 6.61 Å². The van der Waals surface area contributed by atoms with Crippen LogP contribution in [0.2, 0.25) is 0 Å². The molecule has 0 saturated heterocycles. The molecule has 2 N–H and O–H groups in total. The largest absolute Gasteiger partial charge is 0.497 e. The van der Waals surface area contributed by atoms with Gasteiger partial charge in [-0.3, -0.25) is 0 Å². The molecule has 2 rings (SSSR count). The van der Waals surface area contributed by atoms with Gasteiger partial charge >= 0.3 is 5.91 Å². The third-order valence-electron chi connectivity index (χ3n) is 5.53. The van der Waals surface area contributed by atoms with Gasteiger partial charge in [0, 0.05) is 31.3 Å². The zero-order valence-electron chi connectivity index (χ0n) is 19.9. The molecule has 0 aliphatic rings. The van der Waals surface area contributed by atoms with Crippen LogP contribution < -0.4 is 15.0 Å². The van der Waals surface area contributed by atoms with Gasteiger partial charge < -0.3 is 15.2 Å². The van der Waals surface area contributed by atoms with Crippen LogP contribution in [0.1, 0.15) is 16.7 Å². The summed E-state index contributed by atoms with van der Waals surface area (Å²) in [5.74, 6) is 0.431. The summed E-state index contributed by atoms with van der Waals surface area (Å²) in [7, 11) is 2.83. The number of hydrogen-bond donors (Lipinski definition) is 1. The van der Waals surface area contributed by atoms with Crippen molar-refractivity contribution in [2.75, 3.05) is 48.0 Å². The minimum absolute atomic E-state index is 0.0318. The van der Waals surface area contributed by atoms with E-state index in [1.807, 2.05) is 0 Å². The van der Waals surface area contributed by atoms with E-state index in [2.05, 4.69) is 0 Å². The molecule has 0 atom stereocenters.